The SMILES string of the molecule is CC(C)N(Cc1ccc(C#N)cc1)C(=O)c1ccc(Cl)s1. The van der Waals surface area contributed by atoms with Gasteiger partial charge in [0.15, 0.2) is 0 Å². The van der Waals surface area contributed by atoms with E-state index in [9.17, 15) is 4.79 Å². The van der Waals surface area contributed by atoms with Gasteiger partial charge in [-0.25, -0.2) is 0 Å². The average molecular weight is 319 g/mol. The smallest absolute Gasteiger partial charge is 0.264 e. The highest BCUT2D eigenvalue weighted by molar-refractivity contribution is 7.17. The highest BCUT2D eigenvalue weighted by atomic mass is 35.5. The number of hydrogen-bond donors (Lipinski definition) is 0. The van der Waals surface area contributed by atoms with Gasteiger partial charge >= 0.3 is 0 Å². The Kier molecular flexibility index (Phi) is 5.00. The number of rotatable bonds is 4. The van der Waals surface area contributed by atoms with Gasteiger partial charge < -0.3 is 4.90 Å². The Hall–Kier alpha value is -1.83. The van der Waals surface area contributed by atoms with E-state index in [0.29, 0.717) is 21.3 Å². The van der Waals surface area contributed by atoms with Crippen molar-refractivity contribution in [1.29, 1.82) is 5.26 Å². The number of carbonyl (C=O) groups excluding carboxylic acids is 1. The largest absolute Gasteiger partial charge is 0.331 e. The van der Waals surface area contributed by atoms with E-state index in [0.717, 1.165) is 5.56 Å². The lowest BCUT2D eigenvalue weighted by Crippen LogP contribution is -2.35. The molecule has 1 heterocycles. The van der Waals surface area contributed by atoms with Crippen LogP contribution in [0.25, 0.3) is 0 Å². The summed E-state index contributed by atoms with van der Waals surface area (Å²) in [6.45, 7) is 4.48. The van der Waals surface area contributed by atoms with E-state index >= 15 is 0 Å². The maximum Gasteiger partial charge on any atom is 0.264 e. The molecule has 0 bridgehead atoms. The standard InChI is InChI=1S/C16H15ClN2OS/c1-11(2)19(16(20)14-7-8-15(17)21-14)10-13-5-3-12(9-18)4-6-13/h3-8,11H,10H2,1-2H3. The van der Waals surface area contributed by atoms with E-state index in [1.807, 2.05) is 26.0 Å². The molecule has 0 spiro atoms. The quantitative estimate of drug-likeness (QED) is 0.842. The summed E-state index contributed by atoms with van der Waals surface area (Å²) in [4.78, 5) is 15.0. The van der Waals surface area contributed by atoms with Crippen LogP contribution in [0.3, 0.4) is 0 Å². The molecule has 0 aliphatic carbocycles. The van der Waals surface area contributed by atoms with Crippen molar-refractivity contribution in [2.75, 3.05) is 0 Å². The highest BCUT2D eigenvalue weighted by Crippen LogP contribution is 2.24. The number of hydrogen-bond acceptors (Lipinski definition) is 3. The zero-order valence-corrected chi connectivity index (χ0v) is 13.4. The normalized spacial score (nSPS) is 10.4. The summed E-state index contributed by atoms with van der Waals surface area (Å²) >= 11 is 7.19. The molecule has 3 nitrogen and oxygen atoms in total. The van der Waals surface area contributed by atoms with Gasteiger partial charge in [0.25, 0.3) is 5.91 Å². The fourth-order valence-electron chi connectivity index (χ4n) is 1.94. The van der Waals surface area contributed by atoms with E-state index in [2.05, 4.69) is 6.07 Å². The summed E-state index contributed by atoms with van der Waals surface area (Å²) in [6.07, 6.45) is 0. The second kappa shape index (κ2) is 6.75. The number of nitriles is 1. The van der Waals surface area contributed by atoms with Gasteiger partial charge in [-0.3, -0.25) is 4.79 Å². The molecule has 21 heavy (non-hydrogen) atoms. The van der Waals surface area contributed by atoms with E-state index in [1.54, 1.807) is 29.2 Å². The first-order valence-electron chi connectivity index (χ1n) is 6.56. The molecule has 0 aliphatic rings. The number of carbonyl (C=O) groups is 1. The van der Waals surface area contributed by atoms with Crippen LogP contribution in [0.4, 0.5) is 0 Å². The molecule has 0 radical (unpaired) electrons. The molecule has 0 unspecified atom stereocenters. The van der Waals surface area contributed by atoms with Crippen LogP contribution in [0.5, 0.6) is 0 Å². The maximum atomic E-state index is 12.6. The Morgan fingerprint density at radius 2 is 1.95 bits per heavy atom. The monoisotopic (exact) mass is 318 g/mol. The van der Waals surface area contributed by atoms with Crippen molar-refractivity contribution in [3.63, 3.8) is 0 Å². The third kappa shape index (κ3) is 3.84. The van der Waals surface area contributed by atoms with Crippen molar-refractivity contribution in [3.05, 3.63) is 56.7 Å². The summed E-state index contributed by atoms with van der Waals surface area (Å²) < 4.78 is 0.612. The van der Waals surface area contributed by atoms with Crippen LogP contribution in [-0.4, -0.2) is 16.8 Å². The Morgan fingerprint density at radius 1 is 1.29 bits per heavy atom. The topological polar surface area (TPSA) is 44.1 Å². The molecule has 0 atom stereocenters. The molecule has 1 aromatic heterocycles. The van der Waals surface area contributed by atoms with Gasteiger partial charge in [0.1, 0.15) is 0 Å². The number of amides is 1. The molecule has 2 aromatic rings. The molecule has 1 aromatic carbocycles. The van der Waals surface area contributed by atoms with Gasteiger partial charge in [-0.1, -0.05) is 23.7 Å². The summed E-state index contributed by atoms with van der Waals surface area (Å²) in [6, 6.07) is 12.9. The van der Waals surface area contributed by atoms with E-state index in [1.165, 1.54) is 11.3 Å². The van der Waals surface area contributed by atoms with Crippen LogP contribution in [0.1, 0.15) is 34.6 Å². The fraction of sp³-hybridized carbons (Fsp3) is 0.250. The molecule has 5 heteroatoms. The van der Waals surface area contributed by atoms with Crippen molar-refractivity contribution in [3.8, 4) is 6.07 Å². The molecule has 0 aliphatic heterocycles. The van der Waals surface area contributed by atoms with Gasteiger partial charge in [-0.05, 0) is 43.7 Å². The van der Waals surface area contributed by atoms with Crippen molar-refractivity contribution in [2.45, 2.75) is 26.4 Å². The van der Waals surface area contributed by atoms with Crippen molar-refractivity contribution in [2.24, 2.45) is 0 Å². The average Bonchev–Trinajstić information content (AvgIpc) is 2.91. The lowest BCUT2D eigenvalue weighted by Gasteiger charge is -2.26. The number of nitrogens with zero attached hydrogens (tertiary/aromatic N) is 2. The van der Waals surface area contributed by atoms with Crippen LogP contribution in [0, 0.1) is 11.3 Å². The van der Waals surface area contributed by atoms with Gasteiger partial charge in [0, 0.05) is 12.6 Å². The van der Waals surface area contributed by atoms with Crippen molar-refractivity contribution >= 4 is 28.8 Å². The maximum absolute atomic E-state index is 12.6. The van der Waals surface area contributed by atoms with Gasteiger partial charge in [0.2, 0.25) is 0 Å². The zero-order valence-electron chi connectivity index (χ0n) is 11.8. The third-order valence-electron chi connectivity index (χ3n) is 3.10. The molecule has 0 fully saturated rings. The summed E-state index contributed by atoms with van der Waals surface area (Å²) in [5.74, 6) is -0.0220. The van der Waals surface area contributed by atoms with E-state index in [4.69, 9.17) is 16.9 Å². The van der Waals surface area contributed by atoms with Crippen LogP contribution in [0.2, 0.25) is 4.34 Å². The van der Waals surface area contributed by atoms with Crippen LogP contribution >= 0.6 is 22.9 Å². The van der Waals surface area contributed by atoms with Crippen molar-refractivity contribution in [1.82, 2.24) is 4.90 Å². The molecule has 0 saturated heterocycles. The Balaban J connectivity index is 2.19. The molecule has 0 saturated carbocycles. The van der Waals surface area contributed by atoms with Gasteiger partial charge in [0.05, 0.1) is 20.8 Å². The summed E-state index contributed by atoms with van der Waals surface area (Å²) in [5, 5.41) is 8.81. The first-order chi connectivity index (χ1) is 10.0. The second-order valence-electron chi connectivity index (χ2n) is 4.94. The molecule has 0 N–H and O–H groups in total. The van der Waals surface area contributed by atoms with E-state index in [-0.39, 0.29) is 11.9 Å². The second-order valence-corrected chi connectivity index (χ2v) is 6.65. The molecular formula is C16H15ClN2OS. The predicted octanol–water partition coefficient (Wildman–Crippen LogP) is 4.32. The van der Waals surface area contributed by atoms with E-state index < -0.39 is 0 Å². The van der Waals surface area contributed by atoms with Gasteiger partial charge in [-0.2, -0.15) is 5.26 Å². The third-order valence-corrected chi connectivity index (χ3v) is 4.32. The number of thiophene rings is 1. The highest BCUT2D eigenvalue weighted by Gasteiger charge is 2.20. The van der Waals surface area contributed by atoms with Crippen LogP contribution in [-0.2, 0) is 6.54 Å². The molecular weight excluding hydrogens is 304 g/mol. The first-order valence-corrected chi connectivity index (χ1v) is 7.76. The summed E-state index contributed by atoms with van der Waals surface area (Å²) in [5.41, 5.74) is 1.62. The Morgan fingerprint density at radius 3 is 2.43 bits per heavy atom. The lowest BCUT2D eigenvalue weighted by atomic mass is 10.1. The Bertz CT molecular complexity index is 670. The molecule has 2 rings (SSSR count). The minimum Gasteiger partial charge on any atom is -0.331 e. The lowest BCUT2D eigenvalue weighted by molar-refractivity contribution is 0.0695. The first kappa shape index (κ1) is 15.6. The fourth-order valence-corrected chi connectivity index (χ4v) is 2.94. The summed E-state index contributed by atoms with van der Waals surface area (Å²) in [7, 11) is 0. The van der Waals surface area contributed by atoms with Crippen LogP contribution in [0.15, 0.2) is 36.4 Å². The predicted molar refractivity (Wildman–Crippen MR) is 85.5 cm³/mol. The zero-order chi connectivity index (χ0) is 15.4. The number of benzene rings is 1. The molecule has 1 amide bonds. The number of halogens is 1. The minimum absolute atomic E-state index is 0.0220. The van der Waals surface area contributed by atoms with Crippen LogP contribution < -0.4 is 0 Å². The minimum atomic E-state index is -0.0220. The Labute approximate surface area is 133 Å². The molecule has 108 valence electrons. The van der Waals surface area contributed by atoms with Crippen molar-refractivity contribution < 1.29 is 4.79 Å². The van der Waals surface area contributed by atoms with Gasteiger partial charge in [-0.15, -0.1) is 11.3 Å².